The van der Waals surface area contributed by atoms with E-state index in [1.807, 2.05) is 19.1 Å². The predicted octanol–water partition coefficient (Wildman–Crippen LogP) is 4.40. The summed E-state index contributed by atoms with van der Waals surface area (Å²) in [6.07, 6.45) is 0.839. The normalized spacial score (nSPS) is 15.0. The topological polar surface area (TPSA) is 50.8 Å². The molecule has 1 heterocycles. The fourth-order valence-electron chi connectivity index (χ4n) is 3.24. The number of hydrogen-bond donors (Lipinski definition) is 1. The average Bonchev–Trinajstić information content (AvgIpc) is 2.69. The van der Waals surface area contributed by atoms with Crippen molar-refractivity contribution in [3.8, 4) is 11.5 Å². The number of hydrogen-bond acceptors (Lipinski definition) is 4. The fraction of sp³-hybridized carbons (Fsp3) is 0.350. The van der Waals surface area contributed by atoms with Crippen molar-refractivity contribution >= 4 is 34.8 Å². The van der Waals surface area contributed by atoms with E-state index in [0.717, 1.165) is 24.3 Å². The lowest BCUT2D eigenvalue weighted by Gasteiger charge is -2.33. The van der Waals surface area contributed by atoms with Gasteiger partial charge in [0.2, 0.25) is 5.91 Å². The molecule has 2 aromatic carbocycles. The van der Waals surface area contributed by atoms with Gasteiger partial charge in [0.25, 0.3) is 0 Å². The Balaban J connectivity index is 1.74. The first-order valence-corrected chi connectivity index (χ1v) is 9.43. The molecule has 144 valence electrons. The lowest BCUT2D eigenvalue weighted by Crippen LogP contribution is -2.44. The van der Waals surface area contributed by atoms with Crippen LogP contribution in [0.4, 0.5) is 5.69 Å². The summed E-state index contributed by atoms with van der Waals surface area (Å²) in [5.41, 5.74) is 2.87. The molecule has 0 aliphatic carbocycles. The van der Waals surface area contributed by atoms with Gasteiger partial charge in [0.05, 0.1) is 36.0 Å². The second kappa shape index (κ2) is 8.38. The molecule has 0 spiro atoms. The van der Waals surface area contributed by atoms with E-state index in [0.29, 0.717) is 28.0 Å². The number of halogens is 2. The third-order valence-electron chi connectivity index (χ3n) is 4.88. The maximum atomic E-state index is 12.7. The maximum absolute atomic E-state index is 12.7. The van der Waals surface area contributed by atoms with Gasteiger partial charge < -0.3 is 14.8 Å². The minimum Gasteiger partial charge on any atom is -0.493 e. The van der Waals surface area contributed by atoms with Gasteiger partial charge in [-0.15, -0.1) is 0 Å². The Labute approximate surface area is 169 Å². The molecule has 2 aromatic rings. The summed E-state index contributed by atoms with van der Waals surface area (Å²) in [7, 11) is 3.25. The number of methoxy groups -OCH3 is 2. The number of nitrogens with zero attached hydrogens (tertiary/aromatic N) is 1. The minimum absolute atomic E-state index is 0.122. The van der Waals surface area contributed by atoms with Crippen LogP contribution in [-0.4, -0.2) is 37.6 Å². The fourth-order valence-corrected chi connectivity index (χ4v) is 3.59. The largest absolute Gasteiger partial charge is 0.493 e. The lowest BCUT2D eigenvalue weighted by molar-refractivity contribution is -0.121. The maximum Gasteiger partial charge on any atom is 0.241 e. The van der Waals surface area contributed by atoms with Crippen LogP contribution >= 0.6 is 23.2 Å². The van der Waals surface area contributed by atoms with Crippen molar-refractivity contribution < 1.29 is 14.3 Å². The first kappa shape index (κ1) is 19.8. The van der Waals surface area contributed by atoms with Crippen LogP contribution in [0.3, 0.4) is 0 Å². The van der Waals surface area contributed by atoms with E-state index in [1.54, 1.807) is 32.4 Å². The predicted molar refractivity (Wildman–Crippen MR) is 108 cm³/mol. The Morgan fingerprint density at radius 1 is 1.15 bits per heavy atom. The van der Waals surface area contributed by atoms with Crippen LogP contribution in [-0.2, 0) is 17.8 Å². The minimum atomic E-state index is -0.318. The number of rotatable bonds is 5. The average molecular weight is 409 g/mol. The number of benzene rings is 2. The lowest BCUT2D eigenvalue weighted by atomic mass is 9.97. The Hall–Kier alpha value is -1.95. The molecule has 0 fully saturated rings. The molecule has 5 nitrogen and oxygen atoms in total. The van der Waals surface area contributed by atoms with E-state index in [1.165, 1.54) is 5.56 Å². The molecular weight excluding hydrogens is 387 g/mol. The molecule has 0 bridgehead atoms. The first-order valence-electron chi connectivity index (χ1n) is 8.67. The molecule has 0 saturated heterocycles. The molecule has 1 atom stereocenters. The van der Waals surface area contributed by atoms with E-state index in [4.69, 9.17) is 32.7 Å². The molecule has 1 aliphatic rings. The van der Waals surface area contributed by atoms with Crippen molar-refractivity contribution in [2.45, 2.75) is 25.9 Å². The molecule has 1 N–H and O–H groups in total. The standard InChI is InChI=1S/C20H22Cl2N2O3/c1-12(20(25)23-16-6-4-5-15(21)19(16)22)24-8-7-13-9-17(26-2)18(27-3)10-14(13)11-24/h4-6,9-10,12H,7-8,11H2,1-3H3,(H,23,25). The molecular formula is C20H22Cl2N2O3. The Morgan fingerprint density at radius 3 is 2.48 bits per heavy atom. The highest BCUT2D eigenvalue weighted by molar-refractivity contribution is 6.44. The quantitative estimate of drug-likeness (QED) is 0.796. The van der Waals surface area contributed by atoms with Gasteiger partial charge in [-0.1, -0.05) is 29.3 Å². The van der Waals surface area contributed by atoms with Gasteiger partial charge in [0.15, 0.2) is 11.5 Å². The van der Waals surface area contributed by atoms with Crippen LogP contribution in [0.15, 0.2) is 30.3 Å². The van der Waals surface area contributed by atoms with Crippen molar-refractivity contribution in [1.29, 1.82) is 0 Å². The summed E-state index contributed by atoms with van der Waals surface area (Å²) < 4.78 is 10.8. The van der Waals surface area contributed by atoms with Gasteiger partial charge >= 0.3 is 0 Å². The molecule has 1 unspecified atom stereocenters. The smallest absolute Gasteiger partial charge is 0.241 e. The summed E-state index contributed by atoms with van der Waals surface area (Å²) in [5.74, 6) is 1.30. The van der Waals surface area contributed by atoms with Crippen molar-refractivity contribution in [2.24, 2.45) is 0 Å². The van der Waals surface area contributed by atoms with Gasteiger partial charge in [0.1, 0.15) is 0 Å². The second-order valence-corrected chi connectivity index (χ2v) is 7.25. The van der Waals surface area contributed by atoms with Crippen LogP contribution in [0.1, 0.15) is 18.1 Å². The zero-order valence-electron chi connectivity index (χ0n) is 15.5. The molecule has 1 aliphatic heterocycles. The van der Waals surface area contributed by atoms with Crippen molar-refractivity contribution in [3.63, 3.8) is 0 Å². The molecule has 0 saturated carbocycles. The van der Waals surface area contributed by atoms with Gasteiger partial charge in [-0.05, 0) is 48.7 Å². The van der Waals surface area contributed by atoms with Crippen molar-refractivity contribution in [3.05, 3.63) is 51.5 Å². The van der Waals surface area contributed by atoms with Crippen molar-refractivity contribution in [2.75, 3.05) is 26.1 Å². The molecule has 7 heteroatoms. The van der Waals surface area contributed by atoms with Gasteiger partial charge in [-0.3, -0.25) is 9.69 Å². The highest BCUT2D eigenvalue weighted by Gasteiger charge is 2.27. The molecule has 3 rings (SSSR count). The van der Waals surface area contributed by atoms with Gasteiger partial charge in [-0.25, -0.2) is 0 Å². The Kier molecular flexibility index (Phi) is 6.15. The van der Waals surface area contributed by atoms with Crippen LogP contribution in [0.25, 0.3) is 0 Å². The van der Waals surface area contributed by atoms with Gasteiger partial charge in [0, 0.05) is 13.1 Å². The van der Waals surface area contributed by atoms with Crippen molar-refractivity contribution in [1.82, 2.24) is 4.90 Å². The van der Waals surface area contributed by atoms with E-state index < -0.39 is 0 Å². The van der Waals surface area contributed by atoms with E-state index in [2.05, 4.69) is 10.2 Å². The Morgan fingerprint density at radius 2 is 1.81 bits per heavy atom. The summed E-state index contributed by atoms with van der Waals surface area (Å²) in [4.78, 5) is 14.8. The van der Waals surface area contributed by atoms with E-state index in [-0.39, 0.29) is 11.9 Å². The van der Waals surface area contributed by atoms with Crippen LogP contribution in [0.2, 0.25) is 10.0 Å². The SMILES string of the molecule is COc1cc2c(cc1OC)CN(C(C)C(=O)Nc1cccc(Cl)c1Cl)CC2. The highest BCUT2D eigenvalue weighted by atomic mass is 35.5. The molecule has 0 radical (unpaired) electrons. The zero-order valence-corrected chi connectivity index (χ0v) is 17.0. The van der Waals surface area contributed by atoms with Crippen LogP contribution in [0, 0.1) is 0 Å². The molecule has 27 heavy (non-hydrogen) atoms. The summed E-state index contributed by atoms with van der Waals surface area (Å²) in [6, 6.07) is 8.86. The first-order chi connectivity index (χ1) is 12.9. The number of nitrogens with one attached hydrogen (secondary N) is 1. The van der Waals surface area contributed by atoms with Crippen LogP contribution < -0.4 is 14.8 Å². The number of fused-ring (bicyclic) bond motifs is 1. The number of carbonyl (C=O) groups excluding carboxylic acids is 1. The molecule has 1 amide bonds. The van der Waals surface area contributed by atoms with E-state index in [9.17, 15) is 4.79 Å². The number of amides is 1. The van der Waals surface area contributed by atoms with Crippen LogP contribution in [0.5, 0.6) is 11.5 Å². The van der Waals surface area contributed by atoms with E-state index >= 15 is 0 Å². The highest BCUT2D eigenvalue weighted by Crippen LogP contribution is 2.34. The summed E-state index contributed by atoms with van der Waals surface area (Å²) in [5, 5.41) is 3.63. The molecule has 0 aromatic heterocycles. The summed E-state index contributed by atoms with van der Waals surface area (Å²) in [6.45, 7) is 3.33. The third kappa shape index (κ3) is 4.15. The monoisotopic (exact) mass is 408 g/mol. The van der Waals surface area contributed by atoms with Gasteiger partial charge in [-0.2, -0.15) is 0 Å². The number of anilines is 1. The Bertz CT molecular complexity index is 857. The summed E-state index contributed by atoms with van der Waals surface area (Å²) >= 11 is 12.2. The third-order valence-corrected chi connectivity index (χ3v) is 5.70. The second-order valence-electron chi connectivity index (χ2n) is 6.46. The number of ether oxygens (including phenoxy) is 2. The zero-order chi connectivity index (χ0) is 19.6. The number of carbonyl (C=O) groups is 1.